The zero-order valence-corrected chi connectivity index (χ0v) is 17.4. The Kier molecular flexibility index (Phi) is 5.24. The molecule has 6 heteroatoms. The molecule has 2 aromatic carbocycles. The molecule has 0 spiro atoms. The van der Waals surface area contributed by atoms with E-state index in [2.05, 4.69) is 79.3 Å². The van der Waals surface area contributed by atoms with Gasteiger partial charge in [0.25, 0.3) is 0 Å². The first kappa shape index (κ1) is 18.8. The van der Waals surface area contributed by atoms with Crippen molar-refractivity contribution in [3.05, 3.63) is 65.0 Å². The third-order valence-electron chi connectivity index (χ3n) is 5.02. The van der Waals surface area contributed by atoms with E-state index in [1.165, 1.54) is 10.3 Å². The summed E-state index contributed by atoms with van der Waals surface area (Å²) in [6.45, 7) is 7.10. The number of benzene rings is 2. The molecular weight excluding hydrogens is 368 g/mol. The summed E-state index contributed by atoms with van der Waals surface area (Å²) in [6, 6.07) is 16.7. The molecule has 0 amide bonds. The van der Waals surface area contributed by atoms with Crippen LogP contribution in [-0.2, 0) is 6.54 Å². The lowest BCUT2D eigenvalue weighted by atomic mass is 10.0. The fourth-order valence-electron chi connectivity index (χ4n) is 3.06. The third kappa shape index (κ3) is 3.84. The molecule has 1 atom stereocenters. The minimum Gasteiger partial charge on any atom is -0.338 e. The summed E-state index contributed by atoms with van der Waals surface area (Å²) in [5.74, 6) is 1.75. The van der Waals surface area contributed by atoms with E-state index < -0.39 is 0 Å². The fraction of sp³-hybridized carbons (Fsp3) is 0.318. The molecule has 0 fully saturated rings. The molecule has 0 bridgehead atoms. The summed E-state index contributed by atoms with van der Waals surface area (Å²) in [7, 11) is 2.05. The van der Waals surface area contributed by atoms with E-state index in [1.807, 2.05) is 12.1 Å². The van der Waals surface area contributed by atoms with Gasteiger partial charge in [0.15, 0.2) is 0 Å². The molecule has 144 valence electrons. The molecule has 2 aromatic heterocycles. The second-order valence-corrected chi connectivity index (χ2v) is 8.46. The molecule has 0 saturated carbocycles. The van der Waals surface area contributed by atoms with Crippen LogP contribution in [0, 0.1) is 0 Å². The monoisotopic (exact) mass is 392 g/mol. The first-order valence-corrected chi connectivity index (χ1v) is 10.3. The Bertz CT molecular complexity index is 1030. The van der Waals surface area contributed by atoms with Crippen LogP contribution in [0.25, 0.3) is 21.6 Å². The van der Waals surface area contributed by atoms with E-state index in [1.54, 1.807) is 11.3 Å². The van der Waals surface area contributed by atoms with Gasteiger partial charge in [-0.2, -0.15) is 4.98 Å². The van der Waals surface area contributed by atoms with Crippen LogP contribution in [0.1, 0.15) is 49.2 Å². The lowest BCUT2D eigenvalue weighted by Gasteiger charge is -2.20. The largest absolute Gasteiger partial charge is 0.338 e. The molecule has 0 aliphatic rings. The maximum absolute atomic E-state index is 5.49. The molecule has 0 unspecified atom stereocenters. The Hall–Kier alpha value is -2.57. The van der Waals surface area contributed by atoms with Crippen molar-refractivity contribution in [2.45, 2.75) is 39.3 Å². The Morgan fingerprint density at radius 1 is 1.00 bits per heavy atom. The molecule has 28 heavy (non-hydrogen) atoms. The molecule has 0 radical (unpaired) electrons. The minimum absolute atomic E-state index is 0.165. The molecule has 0 aliphatic heterocycles. The predicted molar refractivity (Wildman–Crippen MR) is 113 cm³/mol. The van der Waals surface area contributed by atoms with Crippen molar-refractivity contribution in [1.29, 1.82) is 0 Å². The maximum atomic E-state index is 5.49. The highest BCUT2D eigenvalue weighted by atomic mass is 32.1. The van der Waals surface area contributed by atoms with Gasteiger partial charge in [-0.05, 0) is 37.6 Å². The summed E-state index contributed by atoms with van der Waals surface area (Å²) in [4.78, 5) is 11.5. The smallest absolute Gasteiger partial charge is 0.241 e. The Labute approximate surface area is 169 Å². The fourth-order valence-corrected chi connectivity index (χ4v) is 4.15. The topological polar surface area (TPSA) is 55.1 Å². The number of thiazole rings is 1. The Morgan fingerprint density at radius 3 is 2.46 bits per heavy atom. The molecule has 4 aromatic rings. The van der Waals surface area contributed by atoms with Crippen molar-refractivity contribution in [3.63, 3.8) is 0 Å². The van der Waals surface area contributed by atoms with Gasteiger partial charge in [-0.3, -0.25) is 4.90 Å². The Morgan fingerprint density at radius 2 is 1.75 bits per heavy atom. The SMILES string of the molecule is CC(C)c1ccc(-c2noc(CN(C)[C@H](C)c3nc4ccccc4s3)n2)cc1. The van der Waals surface area contributed by atoms with E-state index in [0.29, 0.717) is 24.2 Å². The van der Waals surface area contributed by atoms with Crippen molar-refractivity contribution in [1.82, 2.24) is 20.0 Å². The highest BCUT2D eigenvalue weighted by molar-refractivity contribution is 7.18. The van der Waals surface area contributed by atoms with Gasteiger partial charge in [-0.1, -0.05) is 55.4 Å². The zero-order valence-electron chi connectivity index (χ0n) is 16.6. The van der Waals surface area contributed by atoms with Crippen LogP contribution in [0.3, 0.4) is 0 Å². The number of para-hydroxylation sites is 1. The highest BCUT2D eigenvalue weighted by Gasteiger charge is 2.19. The van der Waals surface area contributed by atoms with Gasteiger partial charge >= 0.3 is 0 Å². The highest BCUT2D eigenvalue weighted by Crippen LogP contribution is 2.29. The number of hydrogen-bond acceptors (Lipinski definition) is 6. The van der Waals surface area contributed by atoms with Crippen molar-refractivity contribution in [3.8, 4) is 11.4 Å². The summed E-state index contributed by atoms with van der Waals surface area (Å²) < 4.78 is 6.70. The number of nitrogens with zero attached hydrogens (tertiary/aromatic N) is 4. The van der Waals surface area contributed by atoms with Gasteiger partial charge in [0.2, 0.25) is 11.7 Å². The quantitative estimate of drug-likeness (QED) is 0.423. The lowest BCUT2D eigenvalue weighted by molar-refractivity contribution is 0.216. The van der Waals surface area contributed by atoms with Gasteiger partial charge < -0.3 is 4.52 Å². The Balaban J connectivity index is 1.46. The molecule has 5 nitrogen and oxygen atoms in total. The first-order chi connectivity index (χ1) is 13.5. The van der Waals surface area contributed by atoms with Crippen LogP contribution < -0.4 is 0 Å². The van der Waals surface area contributed by atoms with Gasteiger partial charge in [0.05, 0.1) is 22.8 Å². The number of hydrogen-bond donors (Lipinski definition) is 0. The van der Waals surface area contributed by atoms with E-state index in [9.17, 15) is 0 Å². The van der Waals surface area contributed by atoms with Gasteiger partial charge in [-0.25, -0.2) is 4.98 Å². The van der Waals surface area contributed by atoms with Gasteiger partial charge in [0.1, 0.15) is 5.01 Å². The second-order valence-electron chi connectivity index (χ2n) is 7.40. The normalized spacial score (nSPS) is 12.9. The summed E-state index contributed by atoms with van der Waals surface area (Å²) >= 11 is 1.73. The standard InChI is InChI=1S/C22H24N4OS/c1-14(2)16-9-11-17(12-10-16)21-24-20(27-25-21)13-26(4)15(3)22-23-18-7-5-6-8-19(18)28-22/h5-12,14-15H,13H2,1-4H3/t15-/m1/s1. The molecule has 2 heterocycles. The van der Waals surface area contributed by atoms with E-state index in [4.69, 9.17) is 9.51 Å². The van der Waals surface area contributed by atoms with Gasteiger partial charge in [-0.15, -0.1) is 11.3 Å². The number of fused-ring (bicyclic) bond motifs is 1. The van der Waals surface area contributed by atoms with Crippen molar-refractivity contribution in [2.75, 3.05) is 7.05 Å². The maximum Gasteiger partial charge on any atom is 0.241 e. The molecule has 0 aliphatic carbocycles. The van der Waals surface area contributed by atoms with E-state index in [0.717, 1.165) is 16.1 Å². The van der Waals surface area contributed by atoms with Crippen LogP contribution >= 0.6 is 11.3 Å². The lowest BCUT2D eigenvalue weighted by Crippen LogP contribution is -2.22. The first-order valence-electron chi connectivity index (χ1n) is 9.50. The van der Waals surface area contributed by atoms with Crippen LogP contribution in [0.15, 0.2) is 53.1 Å². The summed E-state index contributed by atoms with van der Waals surface area (Å²) in [5, 5.41) is 5.25. The summed E-state index contributed by atoms with van der Waals surface area (Å²) in [5.41, 5.74) is 3.32. The van der Waals surface area contributed by atoms with E-state index >= 15 is 0 Å². The van der Waals surface area contributed by atoms with E-state index in [-0.39, 0.29) is 6.04 Å². The van der Waals surface area contributed by atoms with Crippen LogP contribution in [0.4, 0.5) is 0 Å². The van der Waals surface area contributed by atoms with Crippen LogP contribution in [0.5, 0.6) is 0 Å². The average Bonchev–Trinajstić information content (AvgIpc) is 3.34. The van der Waals surface area contributed by atoms with Gasteiger partial charge in [0, 0.05) is 5.56 Å². The molecular formula is C22H24N4OS. The van der Waals surface area contributed by atoms with Crippen LogP contribution in [-0.4, -0.2) is 27.1 Å². The summed E-state index contributed by atoms with van der Waals surface area (Å²) in [6.07, 6.45) is 0. The number of aromatic nitrogens is 3. The third-order valence-corrected chi connectivity index (χ3v) is 6.22. The van der Waals surface area contributed by atoms with Crippen molar-refractivity contribution >= 4 is 21.6 Å². The molecule has 0 N–H and O–H groups in total. The second kappa shape index (κ2) is 7.81. The van der Waals surface area contributed by atoms with Crippen molar-refractivity contribution < 1.29 is 4.52 Å². The molecule has 0 saturated heterocycles. The average molecular weight is 393 g/mol. The van der Waals surface area contributed by atoms with Crippen molar-refractivity contribution in [2.24, 2.45) is 0 Å². The predicted octanol–water partition coefficient (Wildman–Crippen LogP) is 5.66. The van der Waals surface area contributed by atoms with Crippen LogP contribution in [0.2, 0.25) is 0 Å². The number of rotatable bonds is 6. The zero-order chi connectivity index (χ0) is 19.7. The minimum atomic E-state index is 0.165. The molecule has 4 rings (SSSR count).